The number of rotatable bonds is 6. The molecule has 1 spiro atoms. The van der Waals surface area contributed by atoms with Crippen molar-refractivity contribution in [2.75, 3.05) is 5.32 Å². The average molecular weight is 469 g/mol. The molecule has 1 aromatic carbocycles. The molecule has 3 aromatic heterocycles. The number of benzene rings is 1. The van der Waals surface area contributed by atoms with Crippen molar-refractivity contribution in [3.8, 4) is 0 Å². The summed E-state index contributed by atoms with van der Waals surface area (Å²) in [6.07, 6.45) is 7.94. The summed E-state index contributed by atoms with van der Waals surface area (Å²) < 4.78 is 1.67. The van der Waals surface area contributed by atoms with Crippen LogP contribution in [0.25, 0.3) is 10.9 Å². The maximum absolute atomic E-state index is 13.5. The number of aryl methyl sites for hydroxylation is 2. The molecule has 178 valence electrons. The Labute approximate surface area is 202 Å². The van der Waals surface area contributed by atoms with Gasteiger partial charge in [0.15, 0.2) is 5.82 Å². The van der Waals surface area contributed by atoms with Crippen molar-refractivity contribution in [2.45, 2.75) is 57.7 Å². The normalized spacial score (nSPS) is 17.5. The van der Waals surface area contributed by atoms with Crippen molar-refractivity contribution < 1.29 is 4.79 Å². The fourth-order valence-corrected chi connectivity index (χ4v) is 5.46. The molecule has 0 unspecified atom stereocenters. The Morgan fingerprint density at radius 3 is 2.69 bits per heavy atom. The number of fused-ring (bicyclic) bond motifs is 3. The fourth-order valence-electron chi connectivity index (χ4n) is 5.46. The maximum atomic E-state index is 13.5. The topological polar surface area (TPSA) is 105 Å². The lowest BCUT2D eigenvalue weighted by Crippen LogP contribution is -2.36. The molecule has 0 bridgehead atoms. The first kappa shape index (κ1) is 21.6. The van der Waals surface area contributed by atoms with Gasteiger partial charge in [-0.1, -0.05) is 29.3 Å². The average Bonchev–Trinajstić information content (AvgIpc) is 3.36. The fraction of sp³-hybridized carbons (Fsp3) is 0.333. The molecule has 35 heavy (non-hydrogen) atoms. The molecule has 1 atom stereocenters. The summed E-state index contributed by atoms with van der Waals surface area (Å²) in [5.41, 5.74) is 5.90. The number of nitrogens with zero attached hydrogens (tertiary/aromatic N) is 3. The van der Waals surface area contributed by atoms with E-state index < -0.39 is 6.04 Å². The van der Waals surface area contributed by atoms with Crippen LogP contribution in [0.3, 0.4) is 0 Å². The highest BCUT2D eigenvalue weighted by Crippen LogP contribution is 2.57. The molecule has 1 fully saturated rings. The van der Waals surface area contributed by atoms with Crippen LogP contribution in [0.2, 0.25) is 0 Å². The Morgan fingerprint density at radius 1 is 1.14 bits per heavy atom. The van der Waals surface area contributed by atoms with Crippen LogP contribution in [0.4, 0.5) is 5.82 Å². The predicted octanol–water partition coefficient (Wildman–Crippen LogP) is 3.64. The molecule has 1 aliphatic carbocycles. The van der Waals surface area contributed by atoms with E-state index in [0.717, 1.165) is 40.7 Å². The van der Waals surface area contributed by atoms with Crippen LogP contribution in [-0.2, 0) is 23.3 Å². The zero-order valence-electron chi connectivity index (χ0n) is 19.9. The Bertz CT molecular complexity index is 1460. The van der Waals surface area contributed by atoms with Crippen LogP contribution in [0.15, 0.2) is 53.7 Å². The summed E-state index contributed by atoms with van der Waals surface area (Å²) in [4.78, 5) is 38.7. The number of carbonyl (C=O) groups is 1. The van der Waals surface area contributed by atoms with Crippen molar-refractivity contribution in [1.82, 2.24) is 24.8 Å². The molecule has 3 N–H and O–H groups in total. The van der Waals surface area contributed by atoms with Crippen molar-refractivity contribution in [3.63, 3.8) is 0 Å². The molecule has 8 heteroatoms. The number of amides is 1. The van der Waals surface area contributed by atoms with Crippen LogP contribution in [0.1, 0.15) is 53.4 Å². The number of aromatic amines is 1. The molecule has 8 nitrogen and oxygen atoms in total. The molecule has 4 heterocycles. The van der Waals surface area contributed by atoms with Gasteiger partial charge in [0.1, 0.15) is 6.04 Å². The zero-order chi connectivity index (χ0) is 24.2. The van der Waals surface area contributed by atoms with E-state index in [1.165, 1.54) is 11.1 Å². The van der Waals surface area contributed by atoms with Gasteiger partial charge in [-0.05, 0) is 50.8 Å². The monoisotopic (exact) mass is 468 g/mol. The number of hydrogen-bond donors (Lipinski definition) is 3. The first-order valence-electron chi connectivity index (χ1n) is 12.0. The minimum Gasteiger partial charge on any atom is -0.361 e. The summed E-state index contributed by atoms with van der Waals surface area (Å²) >= 11 is 0. The number of pyridine rings is 1. The molecule has 1 aliphatic heterocycles. The van der Waals surface area contributed by atoms with Gasteiger partial charge in [0, 0.05) is 52.8 Å². The van der Waals surface area contributed by atoms with Gasteiger partial charge in [-0.3, -0.25) is 19.1 Å². The Kier molecular flexibility index (Phi) is 4.98. The molecular weight excluding hydrogens is 440 g/mol. The lowest BCUT2D eigenvalue weighted by Gasteiger charge is -2.16. The Balaban J connectivity index is 1.23. The SMILES string of the molecule is Cc1cc(C)cc(CNc2ncc3n(c2=O)[C@H](C(=O)NCc2cc4cnccc4[nH]2)CC32CC2)c1. The van der Waals surface area contributed by atoms with Crippen LogP contribution < -0.4 is 16.2 Å². The van der Waals surface area contributed by atoms with E-state index in [4.69, 9.17) is 0 Å². The molecular formula is C27H28N6O2. The number of anilines is 1. The Morgan fingerprint density at radius 2 is 1.94 bits per heavy atom. The van der Waals surface area contributed by atoms with Crippen molar-refractivity contribution >= 4 is 22.6 Å². The number of nitrogens with one attached hydrogen (secondary N) is 3. The minimum atomic E-state index is -0.532. The third kappa shape index (κ3) is 3.88. The molecule has 2 aliphatic rings. The second-order valence-electron chi connectivity index (χ2n) is 9.99. The zero-order valence-corrected chi connectivity index (χ0v) is 19.9. The standard InChI is InChI=1S/C27H28N6O2/c1-16-7-17(2)9-18(8-16)12-29-24-26(35)33-22(11-27(4-5-27)23(33)15-30-24)25(34)31-14-20-10-19-13-28-6-3-21(19)32-20/h3,6-10,13,15,22,32H,4-5,11-12,14H2,1-2H3,(H,29,30)(H,31,34)/t22-/m0/s1. The molecule has 1 saturated carbocycles. The summed E-state index contributed by atoms with van der Waals surface area (Å²) in [5.74, 6) is 0.145. The highest BCUT2D eigenvalue weighted by molar-refractivity contribution is 5.82. The molecule has 6 rings (SSSR count). The van der Waals surface area contributed by atoms with E-state index in [2.05, 4.69) is 57.6 Å². The number of carbonyl (C=O) groups excluding carboxylic acids is 1. The van der Waals surface area contributed by atoms with E-state index in [9.17, 15) is 9.59 Å². The van der Waals surface area contributed by atoms with Crippen LogP contribution in [0.5, 0.6) is 0 Å². The molecule has 0 radical (unpaired) electrons. The largest absolute Gasteiger partial charge is 0.361 e. The van der Waals surface area contributed by atoms with E-state index in [1.807, 2.05) is 12.1 Å². The van der Waals surface area contributed by atoms with E-state index in [0.29, 0.717) is 19.5 Å². The van der Waals surface area contributed by atoms with Gasteiger partial charge < -0.3 is 15.6 Å². The third-order valence-corrected chi connectivity index (χ3v) is 7.26. The summed E-state index contributed by atoms with van der Waals surface area (Å²) in [5, 5.41) is 7.24. The first-order valence-corrected chi connectivity index (χ1v) is 12.0. The van der Waals surface area contributed by atoms with E-state index in [-0.39, 0.29) is 22.7 Å². The van der Waals surface area contributed by atoms with Crippen molar-refractivity contribution in [2.24, 2.45) is 0 Å². The minimum absolute atomic E-state index is 0.0901. The number of hydrogen-bond acceptors (Lipinski definition) is 5. The van der Waals surface area contributed by atoms with Crippen molar-refractivity contribution in [3.05, 3.63) is 87.4 Å². The van der Waals surface area contributed by atoms with Gasteiger partial charge in [0.2, 0.25) is 5.91 Å². The summed E-state index contributed by atoms with van der Waals surface area (Å²) in [6.45, 7) is 4.99. The van der Waals surface area contributed by atoms with Gasteiger partial charge in [0.05, 0.1) is 6.54 Å². The lowest BCUT2D eigenvalue weighted by molar-refractivity contribution is -0.124. The first-order chi connectivity index (χ1) is 16.9. The second-order valence-corrected chi connectivity index (χ2v) is 9.99. The highest BCUT2D eigenvalue weighted by atomic mass is 16.2. The van der Waals surface area contributed by atoms with Crippen LogP contribution in [-0.4, -0.2) is 25.4 Å². The third-order valence-electron chi connectivity index (χ3n) is 7.26. The summed E-state index contributed by atoms with van der Waals surface area (Å²) in [7, 11) is 0. The predicted molar refractivity (Wildman–Crippen MR) is 134 cm³/mol. The van der Waals surface area contributed by atoms with E-state index >= 15 is 0 Å². The Hall–Kier alpha value is -3.94. The molecule has 0 saturated heterocycles. The van der Waals surface area contributed by atoms with Gasteiger partial charge >= 0.3 is 0 Å². The number of H-pyrrole nitrogens is 1. The number of aromatic nitrogens is 4. The van der Waals surface area contributed by atoms with Gasteiger partial charge in [-0.25, -0.2) is 4.98 Å². The molecule has 1 amide bonds. The lowest BCUT2D eigenvalue weighted by atomic mass is 9.99. The second kappa shape index (κ2) is 8.08. The smallest absolute Gasteiger partial charge is 0.294 e. The van der Waals surface area contributed by atoms with Gasteiger partial charge in [0.25, 0.3) is 5.56 Å². The summed E-state index contributed by atoms with van der Waals surface area (Å²) in [6, 6.07) is 9.68. The van der Waals surface area contributed by atoms with Gasteiger partial charge in [-0.2, -0.15) is 0 Å². The quantitative estimate of drug-likeness (QED) is 0.401. The molecule has 4 aromatic rings. The maximum Gasteiger partial charge on any atom is 0.294 e. The van der Waals surface area contributed by atoms with E-state index in [1.54, 1.807) is 23.2 Å². The van der Waals surface area contributed by atoms with Crippen molar-refractivity contribution in [1.29, 1.82) is 0 Å². The van der Waals surface area contributed by atoms with Gasteiger partial charge in [-0.15, -0.1) is 0 Å². The van der Waals surface area contributed by atoms with Crippen LogP contribution in [0, 0.1) is 13.8 Å². The highest BCUT2D eigenvalue weighted by Gasteiger charge is 2.55. The van der Waals surface area contributed by atoms with Crippen LogP contribution >= 0.6 is 0 Å².